The molecule has 9 nitrogen and oxygen atoms in total. The largest absolute Gasteiger partial charge is 0.493 e. The van der Waals surface area contributed by atoms with Gasteiger partial charge < -0.3 is 8.92 Å². The Hall–Kier alpha value is -3.96. The van der Waals surface area contributed by atoms with Crippen LogP contribution >= 0.6 is 15.9 Å². The molecule has 1 heterocycles. The second-order valence-corrected chi connectivity index (χ2v) is 9.58. The monoisotopic (exact) mass is 556 g/mol. The highest BCUT2D eigenvalue weighted by atomic mass is 79.9. The Kier molecular flexibility index (Phi) is 6.72. The number of amides is 4. The van der Waals surface area contributed by atoms with E-state index in [1.807, 2.05) is 0 Å². The zero-order valence-electron chi connectivity index (χ0n) is 18.1. The predicted octanol–water partition coefficient (Wildman–Crippen LogP) is 3.89. The van der Waals surface area contributed by atoms with Crippen LogP contribution in [0, 0.1) is 0 Å². The van der Waals surface area contributed by atoms with Crippen molar-refractivity contribution in [1.82, 2.24) is 5.32 Å². The van der Waals surface area contributed by atoms with E-state index in [0.29, 0.717) is 11.3 Å². The van der Waals surface area contributed by atoms with Gasteiger partial charge in [-0.25, -0.2) is 9.69 Å². The summed E-state index contributed by atoms with van der Waals surface area (Å²) in [6, 6.07) is 17.7. The third-order valence-corrected chi connectivity index (χ3v) is 6.73. The van der Waals surface area contributed by atoms with Gasteiger partial charge in [0.15, 0.2) is 11.5 Å². The van der Waals surface area contributed by atoms with Crippen LogP contribution in [0.3, 0.4) is 0 Å². The Bertz CT molecular complexity index is 1460. The molecular weight excluding hydrogens is 540 g/mol. The lowest BCUT2D eigenvalue weighted by Gasteiger charge is -2.26. The maximum absolute atomic E-state index is 13.0. The number of nitrogens with zero attached hydrogens (tertiary/aromatic N) is 1. The molecule has 0 aliphatic carbocycles. The van der Waals surface area contributed by atoms with E-state index in [0.717, 1.165) is 4.90 Å². The van der Waals surface area contributed by atoms with Crippen LogP contribution in [0.5, 0.6) is 11.5 Å². The minimum Gasteiger partial charge on any atom is -0.493 e. The van der Waals surface area contributed by atoms with Crippen molar-refractivity contribution in [3.63, 3.8) is 0 Å². The summed E-state index contributed by atoms with van der Waals surface area (Å²) in [7, 11) is -2.84. The maximum Gasteiger partial charge on any atom is 0.339 e. The molecule has 0 spiro atoms. The summed E-state index contributed by atoms with van der Waals surface area (Å²) in [6.07, 6.45) is 1.27. The van der Waals surface area contributed by atoms with Gasteiger partial charge in [0.1, 0.15) is 10.5 Å². The van der Waals surface area contributed by atoms with Gasteiger partial charge in [-0.05, 0) is 64.0 Å². The van der Waals surface area contributed by atoms with E-state index in [1.165, 1.54) is 37.5 Å². The summed E-state index contributed by atoms with van der Waals surface area (Å²) >= 11 is 3.27. The number of benzene rings is 3. The van der Waals surface area contributed by atoms with Gasteiger partial charge in [-0.1, -0.05) is 36.4 Å². The lowest BCUT2D eigenvalue weighted by molar-refractivity contribution is -0.122. The molecule has 1 N–H and O–H groups in total. The van der Waals surface area contributed by atoms with E-state index < -0.39 is 28.0 Å². The summed E-state index contributed by atoms with van der Waals surface area (Å²) in [5.74, 6) is -1.76. The van der Waals surface area contributed by atoms with E-state index in [9.17, 15) is 22.8 Å². The number of halogens is 1. The Balaban J connectivity index is 1.71. The first-order valence-electron chi connectivity index (χ1n) is 10.0. The van der Waals surface area contributed by atoms with Crippen molar-refractivity contribution in [2.45, 2.75) is 4.90 Å². The maximum atomic E-state index is 13.0. The predicted molar refractivity (Wildman–Crippen MR) is 130 cm³/mol. The average Bonchev–Trinajstić information content (AvgIpc) is 2.84. The SMILES string of the molecule is COc1cc(/C=C2\C(=O)NC(=O)N(c3ccccc3)C2=O)cc(Br)c1OS(=O)(=O)c1ccccc1. The molecule has 178 valence electrons. The van der Waals surface area contributed by atoms with Gasteiger partial charge in [-0.2, -0.15) is 8.42 Å². The van der Waals surface area contributed by atoms with E-state index >= 15 is 0 Å². The zero-order chi connectivity index (χ0) is 25.2. The van der Waals surface area contributed by atoms with E-state index in [4.69, 9.17) is 8.92 Å². The minimum absolute atomic E-state index is 0.0328. The normalized spacial score (nSPS) is 15.2. The number of carbonyl (C=O) groups excluding carboxylic acids is 3. The fraction of sp³-hybridized carbons (Fsp3) is 0.0417. The van der Waals surface area contributed by atoms with Gasteiger partial charge in [0.25, 0.3) is 11.8 Å². The second-order valence-electron chi connectivity index (χ2n) is 7.18. The first-order chi connectivity index (χ1) is 16.7. The van der Waals surface area contributed by atoms with Crippen LogP contribution in [0.4, 0.5) is 10.5 Å². The Morgan fingerprint density at radius 2 is 1.57 bits per heavy atom. The van der Waals surface area contributed by atoms with Crippen molar-refractivity contribution >= 4 is 55.7 Å². The van der Waals surface area contributed by atoms with Crippen LogP contribution < -0.4 is 19.1 Å². The number of imide groups is 2. The number of carbonyl (C=O) groups is 3. The second kappa shape index (κ2) is 9.72. The molecule has 35 heavy (non-hydrogen) atoms. The molecular formula is C24H17BrN2O7S. The molecule has 0 atom stereocenters. The molecule has 0 saturated carbocycles. The number of methoxy groups -OCH3 is 1. The van der Waals surface area contributed by atoms with Crippen LogP contribution in [0.1, 0.15) is 5.56 Å². The highest BCUT2D eigenvalue weighted by molar-refractivity contribution is 9.10. The Morgan fingerprint density at radius 1 is 0.943 bits per heavy atom. The summed E-state index contributed by atoms with van der Waals surface area (Å²) in [5, 5.41) is 2.14. The number of hydrogen-bond donors (Lipinski definition) is 1. The highest BCUT2D eigenvalue weighted by Gasteiger charge is 2.36. The fourth-order valence-electron chi connectivity index (χ4n) is 3.28. The van der Waals surface area contributed by atoms with Gasteiger partial charge >= 0.3 is 16.1 Å². The van der Waals surface area contributed by atoms with Crippen LogP contribution in [0.2, 0.25) is 0 Å². The lowest BCUT2D eigenvalue weighted by Crippen LogP contribution is -2.54. The van der Waals surface area contributed by atoms with Crippen LogP contribution in [0.25, 0.3) is 6.08 Å². The summed E-state index contributed by atoms with van der Waals surface area (Å²) in [4.78, 5) is 38.6. The summed E-state index contributed by atoms with van der Waals surface area (Å²) in [5.41, 5.74) is 0.314. The number of hydrogen-bond acceptors (Lipinski definition) is 7. The zero-order valence-corrected chi connectivity index (χ0v) is 20.5. The molecule has 3 aromatic carbocycles. The van der Waals surface area contributed by atoms with Crippen LogP contribution in [-0.4, -0.2) is 33.4 Å². The highest BCUT2D eigenvalue weighted by Crippen LogP contribution is 2.39. The van der Waals surface area contributed by atoms with Crippen molar-refractivity contribution in [3.8, 4) is 11.5 Å². The van der Waals surface area contributed by atoms with E-state index in [-0.39, 0.29) is 26.4 Å². The van der Waals surface area contributed by atoms with Gasteiger partial charge in [-0.15, -0.1) is 0 Å². The molecule has 0 aromatic heterocycles. The molecule has 1 fully saturated rings. The molecule has 0 bridgehead atoms. The molecule has 4 amide bonds. The Morgan fingerprint density at radius 3 is 2.20 bits per heavy atom. The fourth-order valence-corrected chi connectivity index (χ4v) is 4.91. The molecule has 0 unspecified atom stereocenters. The van der Waals surface area contributed by atoms with E-state index in [2.05, 4.69) is 21.2 Å². The standard InChI is InChI=1S/C24H17BrN2O7S/c1-33-20-14-15(13-19(25)21(20)34-35(31,32)17-10-6-3-7-11-17)12-18-22(28)26-24(30)27(23(18)29)16-8-4-2-5-9-16/h2-14H,1H3,(H,26,28,30)/b18-12+. The molecule has 1 saturated heterocycles. The van der Waals surface area contributed by atoms with Gasteiger partial charge in [0.05, 0.1) is 17.3 Å². The van der Waals surface area contributed by atoms with Gasteiger partial charge in [0, 0.05) is 0 Å². The first-order valence-corrected chi connectivity index (χ1v) is 12.2. The third-order valence-electron chi connectivity index (χ3n) is 4.90. The average molecular weight is 557 g/mol. The van der Waals surface area contributed by atoms with Gasteiger partial charge in [0.2, 0.25) is 0 Å². The van der Waals surface area contributed by atoms with E-state index in [1.54, 1.807) is 48.5 Å². The number of anilines is 1. The lowest BCUT2D eigenvalue weighted by atomic mass is 10.1. The number of nitrogens with one attached hydrogen (secondary N) is 1. The molecule has 1 aliphatic rings. The van der Waals surface area contributed by atoms with Crippen molar-refractivity contribution in [1.29, 1.82) is 0 Å². The molecule has 0 radical (unpaired) electrons. The molecule has 1 aliphatic heterocycles. The van der Waals surface area contributed by atoms with Crippen molar-refractivity contribution in [3.05, 3.63) is 88.4 Å². The summed E-state index contributed by atoms with van der Waals surface area (Å²) < 4.78 is 36.1. The number of para-hydroxylation sites is 1. The molecule has 3 aromatic rings. The number of ether oxygens (including phenoxy) is 1. The molecule has 4 rings (SSSR count). The number of barbiturate groups is 1. The number of rotatable bonds is 6. The quantitative estimate of drug-likeness (QED) is 0.278. The van der Waals surface area contributed by atoms with Crippen molar-refractivity contribution < 1.29 is 31.7 Å². The smallest absolute Gasteiger partial charge is 0.339 e. The first kappa shape index (κ1) is 24.2. The minimum atomic E-state index is -4.16. The van der Waals surface area contributed by atoms with Crippen molar-refractivity contribution in [2.75, 3.05) is 12.0 Å². The van der Waals surface area contributed by atoms with Crippen LogP contribution in [-0.2, 0) is 19.7 Å². The number of urea groups is 1. The third kappa shape index (κ3) is 4.96. The summed E-state index contributed by atoms with van der Waals surface area (Å²) in [6.45, 7) is 0. The Labute approximate surface area is 209 Å². The molecule has 11 heteroatoms. The van der Waals surface area contributed by atoms with Gasteiger partial charge in [-0.3, -0.25) is 14.9 Å². The topological polar surface area (TPSA) is 119 Å². The van der Waals surface area contributed by atoms with Crippen LogP contribution in [0.15, 0.2) is 87.7 Å². The van der Waals surface area contributed by atoms with Crippen molar-refractivity contribution in [2.24, 2.45) is 0 Å².